The molecule has 32 heavy (non-hydrogen) atoms. The molecular formula is C29H34NOSi+. The van der Waals surface area contributed by atoms with Gasteiger partial charge in [-0.05, 0) is 42.4 Å². The smallest absolute Gasteiger partial charge is 0.189 e. The van der Waals surface area contributed by atoms with E-state index in [0.717, 1.165) is 19.4 Å². The zero-order chi connectivity index (χ0) is 22.4. The third-order valence-corrected chi connectivity index (χ3v) is 6.94. The molecule has 1 aliphatic heterocycles. The summed E-state index contributed by atoms with van der Waals surface area (Å²) >= 11 is 0. The third-order valence-electron chi connectivity index (χ3n) is 6.00. The molecule has 0 bridgehead atoms. The molecule has 1 fully saturated rings. The Balaban J connectivity index is 1.83. The second-order valence-electron chi connectivity index (χ2n) is 9.50. The summed E-state index contributed by atoms with van der Waals surface area (Å²) in [4.78, 5) is 0. The number of rotatable bonds is 7. The molecule has 0 aromatic heterocycles. The minimum absolute atomic E-state index is 0.236. The van der Waals surface area contributed by atoms with Crippen molar-refractivity contribution in [2.45, 2.75) is 44.1 Å². The van der Waals surface area contributed by atoms with Crippen LogP contribution in [0.1, 0.15) is 29.5 Å². The van der Waals surface area contributed by atoms with Crippen LogP contribution in [0, 0.1) is 0 Å². The number of hydrogen-bond donors (Lipinski definition) is 0. The van der Waals surface area contributed by atoms with E-state index in [-0.39, 0.29) is 6.04 Å². The fraction of sp³-hybridized carbons (Fsp3) is 0.276. The van der Waals surface area contributed by atoms with Crippen LogP contribution in [0.25, 0.3) is 6.08 Å². The van der Waals surface area contributed by atoms with E-state index in [9.17, 15) is 0 Å². The standard InChI is InChI=1S/C29H34NOSi/c1-32(2,3)31-29(26-18-9-5-10-19-26,27-20-11-6-12-21-27)28-22-14-24-30(28)23-13-17-25-15-7-4-8-16-25/h4-13,15-21,23,28H,14,22,24H2,1-3H3/q+1/b17-13+,30-23?/t28-/m0/s1. The molecule has 3 aromatic carbocycles. The van der Waals surface area contributed by atoms with Gasteiger partial charge in [0.2, 0.25) is 0 Å². The molecule has 1 heterocycles. The van der Waals surface area contributed by atoms with E-state index in [2.05, 4.69) is 134 Å². The summed E-state index contributed by atoms with van der Waals surface area (Å²) in [5, 5.41) is 0. The summed E-state index contributed by atoms with van der Waals surface area (Å²) in [6, 6.07) is 32.4. The Morgan fingerprint density at radius 1 is 0.812 bits per heavy atom. The van der Waals surface area contributed by atoms with Gasteiger partial charge in [0.05, 0.1) is 0 Å². The van der Waals surface area contributed by atoms with Crippen molar-refractivity contribution < 1.29 is 9.00 Å². The first-order valence-corrected chi connectivity index (χ1v) is 15.0. The quantitative estimate of drug-likeness (QED) is 0.293. The molecule has 0 aliphatic carbocycles. The van der Waals surface area contributed by atoms with Gasteiger partial charge in [-0.2, -0.15) is 0 Å². The number of nitrogens with zero attached hydrogens (tertiary/aromatic N) is 1. The van der Waals surface area contributed by atoms with Crippen LogP contribution in [0.4, 0.5) is 0 Å². The van der Waals surface area contributed by atoms with Crippen LogP contribution in [0.15, 0.2) is 97.1 Å². The van der Waals surface area contributed by atoms with E-state index in [1.165, 1.54) is 16.7 Å². The third kappa shape index (κ3) is 5.00. The summed E-state index contributed by atoms with van der Waals surface area (Å²) in [5.74, 6) is 0. The Bertz CT molecular complexity index is 1010. The van der Waals surface area contributed by atoms with Crippen LogP contribution >= 0.6 is 0 Å². The predicted molar refractivity (Wildman–Crippen MR) is 138 cm³/mol. The Kier molecular flexibility index (Phi) is 6.88. The van der Waals surface area contributed by atoms with Gasteiger partial charge in [-0.1, -0.05) is 91.0 Å². The molecule has 0 N–H and O–H groups in total. The largest absolute Gasteiger partial charge is 0.399 e. The lowest BCUT2D eigenvalue weighted by Crippen LogP contribution is -2.52. The summed E-state index contributed by atoms with van der Waals surface area (Å²) < 4.78 is 9.73. The molecular weight excluding hydrogens is 406 g/mol. The van der Waals surface area contributed by atoms with Crippen molar-refractivity contribution in [3.05, 3.63) is 114 Å². The van der Waals surface area contributed by atoms with Gasteiger partial charge in [-0.25, -0.2) is 4.58 Å². The van der Waals surface area contributed by atoms with Crippen molar-refractivity contribution in [2.75, 3.05) is 6.54 Å². The van der Waals surface area contributed by atoms with Gasteiger partial charge in [-0.3, -0.25) is 0 Å². The SMILES string of the molecule is C[Si](C)(C)OC(c1ccccc1)(c1ccccc1)[C@@H]1CCC[N+]1=C/C=C/c1ccccc1. The van der Waals surface area contributed by atoms with Gasteiger partial charge in [0, 0.05) is 18.9 Å². The average Bonchev–Trinajstić information content (AvgIpc) is 3.28. The molecule has 0 saturated carbocycles. The number of hydrogen-bond acceptors (Lipinski definition) is 1. The maximum atomic E-state index is 7.23. The first-order valence-electron chi connectivity index (χ1n) is 11.6. The normalized spacial score (nSPS) is 18.5. The zero-order valence-electron chi connectivity index (χ0n) is 19.4. The minimum atomic E-state index is -1.90. The maximum absolute atomic E-state index is 7.23. The van der Waals surface area contributed by atoms with E-state index >= 15 is 0 Å². The summed E-state index contributed by atoms with van der Waals surface area (Å²) in [5.41, 5.74) is 3.20. The van der Waals surface area contributed by atoms with Gasteiger partial charge in [0.1, 0.15) is 6.54 Å². The summed E-state index contributed by atoms with van der Waals surface area (Å²) in [6.45, 7) is 7.93. The molecule has 2 nitrogen and oxygen atoms in total. The van der Waals surface area contributed by atoms with Crippen molar-refractivity contribution in [2.24, 2.45) is 0 Å². The Hall–Kier alpha value is -2.75. The minimum Gasteiger partial charge on any atom is -0.399 e. The van der Waals surface area contributed by atoms with Gasteiger partial charge < -0.3 is 4.43 Å². The van der Waals surface area contributed by atoms with Gasteiger partial charge >= 0.3 is 0 Å². The van der Waals surface area contributed by atoms with E-state index in [1.807, 2.05) is 0 Å². The number of allylic oxidation sites excluding steroid dienone is 1. The highest BCUT2D eigenvalue weighted by molar-refractivity contribution is 6.69. The lowest BCUT2D eigenvalue weighted by atomic mass is 9.79. The Labute approximate surface area is 194 Å². The Morgan fingerprint density at radius 3 is 1.88 bits per heavy atom. The van der Waals surface area contributed by atoms with Gasteiger partial charge in [-0.15, -0.1) is 0 Å². The van der Waals surface area contributed by atoms with E-state index in [1.54, 1.807) is 0 Å². The lowest BCUT2D eigenvalue weighted by molar-refractivity contribution is -0.557. The topological polar surface area (TPSA) is 12.2 Å². The first-order chi connectivity index (χ1) is 15.5. The second kappa shape index (κ2) is 9.80. The fourth-order valence-corrected chi connectivity index (χ4v) is 6.16. The highest BCUT2D eigenvalue weighted by Gasteiger charge is 2.53. The fourth-order valence-electron chi connectivity index (χ4n) is 4.82. The van der Waals surface area contributed by atoms with Crippen LogP contribution in [0.5, 0.6) is 0 Å². The van der Waals surface area contributed by atoms with Crippen molar-refractivity contribution in [1.29, 1.82) is 0 Å². The van der Waals surface area contributed by atoms with Crippen LogP contribution in [0.3, 0.4) is 0 Å². The molecule has 4 rings (SSSR count). The molecule has 1 aliphatic rings. The average molecular weight is 441 g/mol. The Morgan fingerprint density at radius 2 is 1.34 bits per heavy atom. The van der Waals surface area contributed by atoms with Crippen LogP contribution in [-0.2, 0) is 10.0 Å². The lowest BCUT2D eigenvalue weighted by Gasteiger charge is -2.42. The van der Waals surface area contributed by atoms with Crippen LogP contribution in [0.2, 0.25) is 19.6 Å². The monoisotopic (exact) mass is 440 g/mol. The van der Waals surface area contributed by atoms with Crippen molar-refractivity contribution in [3.63, 3.8) is 0 Å². The summed E-state index contributed by atoms with van der Waals surface area (Å²) in [7, 11) is -1.90. The highest BCUT2D eigenvalue weighted by atomic mass is 28.4. The highest BCUT2D eigenvalue weighted by Crippen LogP contribution is 2.44. The molecule has 0 spiro atoms. The van der Waals surface area contributed by atoms with E-state index < -0.39 is 13.9 Å². The van der Waals surface area contributed by atoms with Crippen LogP contribution < -0.4 is 0 Å². The van der Waals surface area contributed by atoms with Crippen molar-refractivity contribution in [3.8, 4) is 0 Å². The van der Waals surface area contributed by atoms with E-state index in [0.29, 0.717) is 0 Å². The predicted octanol–water partition coefficient (Wildman–Crippen LogP) is 6.74. The zero-order valence-corrected chi connectivity index (χ0v) is 20.4. The molecule has 1 saturated heterocycles. The molecule has 0 amide bonds. The van der Waals surface area contributed by atoms with Gasteiger partial charge in [0.15, 0.2) is 26.2 Å². The number of benzene rings is 3. The molecule has 164 valence electrons. The first kappa shape index (κ1) is 22.4. The van der Waals surface area contributed by atoms with Gasteiger partial charge in [0.25, 0.3) is 0 Å². The van der Waals surface area contributed by atoms with Crippen LogP contribution in [-0.4, -0.2) is 31.7 Å². The second-order valence-corrected chi connectivity index (χ2v) is 13.9. The summed E-state index contributed by atoms with van der Waals surface area (Å²) in [6.07, 6.45) is 8.89. The molecule has 3 heteroatoms. The maximum Gasteiger partial charge on any atom is 0.189 e. The molecule has 1 atom stereocenters. The molecule has 0 unspecified atom stereocenters. The van der Waals surface area contributed by atoms with Crippen molar-refractivity contribution in [1.82, 2.24) is 0 Å². The van der Waals surface area contributed by atoms with Crippen molar-refractivity contribution >= 4 is 20.6 Å². The van der Waals surface area contributed by atoms with E-state index in [4.69, 9.17) is 4.43 Å². The molecule has 3 aromatic rings. The molecule has 0 radical (unpaired) electrons.